The van der Waals surface area contributed by atoms with Crippen LogP contribution in [-0.4, -0.2) is 20.6 Å². The van der Waals surface area contributed by atoms with Gasteiger partial charge in [0.1, 0.15) is 5.82 Å². The molecule has 114 valence electrons. The third-order valence-electron chi connectivity index (χ3n) is 5.14. The van der Waals surface area contributed by atoms with Gasteiger partial charge in [0, 0.05) is 24.2 Å². The second-order valence-corrected chi connectivity index (χ2v) is 6.48. The first-order valence-electron chi connectivity index (χ1n) is 8.04. The Bertz CT molecular complexity index is 761. The number of carboxylic acids is 1. The van der Waals surface area contributed by atoms with Crippen molar-refractivity contribution in [3.63, 3.8) is 0 Å². The summed E-state index contributed by atoms with van der Waals surface area (Å²) < 4.78 is 2.10. The number of aliphatic carboxylic acids is 1. The van der Waals surface area contributed by atoms with Gasteiger partial charge >= 0.3 is 5.97 Å². The Labute approximate surface area is 129 Å². The zero-order chi connectivity index (χ0) is 15.3. The molecule has 0 saturated heterocycles. The summed E-state index contributed by atoms with van der Waals surface area (Å²) in [5.41, 5.74) is 6.21. The number of aryl methyl sites for hydroxylation is 3. The largest absolute Gasteiger partial charge is 0.481 e. The van der Waals surface area contributed by atoms with Gasteiger partial charge in [-0.05, 0) is 49.8 Å². The van der Waals surface area contributed by atoms with Crippen molar-refractivity contribution in [2.45, 2.75) is 45.6 Å². The Hall–Kier alpha value is -2.10. The second-order valence-electron chi connectivity index (χ2n) is 6.48. The van der Waals surface area contributed by atoms with E-state index in [1.165, 1.54) is 29.5 Å². The van der Waals surface area contributed by atoms with Crippen LogP contribution in [0.4, 0.5) is 0 Å². The van der Waals surface area contributed by atoms with E-state index in [1.54, 1.807) is 0 Å². The second kappa shape index (κ2) is 4.97. The quantitative estimate of drug-likeness (QED) is 0.927. The maximum absolute atomic E-state index is 11.2. The maximum atomic E-state index is 11.2. The molecule has 0 saturated carbocycles. The molecule has 1 atom stereocenters. The van der Waals surface area contributed by atoms with E-state index >= 15 is 0 Å². The van der Waals surface area contributed by atoms with Crippen molar-refractivity contribution in [1.82, 2.24) is 9.55 Å². The Kier molecular flexibility index (Phi) is 3.06. The summed E-state index contributed by atoms with van der Waals surface area (Å²) in [6, 6.07) is 6.67. The molecule has 1 aliphatic carbocycles. The fraction of sp³-hybridized carbons (Fsp3) is 0.444. The van der Waals surface area contributed by atoms with Gasteiger partial charge in [-0.2, -0.15) is 0 Å². The van der Waals surface area contributed by atoms with Crippen molar-refractivity contribution < 1.29 is 9.90 Å². The highest BCUT2D eigenvalue weighted by molar-refractivity contribution is 5.70. The Morgan fingerprint density at radius 3 is 2.91 bits per heavy atom. The highest BCUT2D eigenvalue weighted by Crippen LogP contribution is 2.32. The van der Waals surface area contributed by atoms with Gasteiger partial charge in [-0.1, -0.05) is 12.1 Å². The van der Waals surface area contributed by atoms with Gasteiger partial charge in [0.05, 0.1) is 11.6 Å². The van der Waals surface area contributed by atoms with Crippen molar-refractivity contribution in [3.05, 3.63) is 40.8 Å². The number of carbonyl (C=O) groups is 1. The number of aromatic nitrogens is 2. The number of hydrogen-bond acceptors (Lipinski definition) is 2. The molecule has 1 aliphatic heterocycles. The highest BCUT2D eigenvalue weighted by atomic mass is 16.4. The van der Waals surface area contributed by atoms with E-state index in [4.69, 9.17) is 4.98 Å². The minimum Gasteiger partial charge on any atom is -0.481 e. The average Bonchev–Trinajstić information content (AvgIpc) is 3.11. The van der Waals surface area contributed by atoms with Crippen LogP contribution in [0, 0.1) is 12.8 Å². The number of imidazole rings is 1. The van der Waals surface area contributed by atoms with Gasteiger partial charge in [0.25, 0.3) is 0 Å². The van der Waals surface area contributed by atoms with Crippen LogP contribution in [-0.2, 0) is 30.6 Å². The van der Waals surface area contributed by atoms with Crippen LogP contribution < -0.4 is 0 Å². The summed E-state index contributed by atoms with van der Waals surface area (Å²) in [6.45, 7) is 2.61. The predicted octanol–water partition coefficient (Wildman–Crippen LogP) is 2.99. The van der Waals surface area contributed by atoms with E-state index in [9.17, 15) is 9.90 Å². The number of nitrogens with zero attached hydrogens (tertiary/aromatic N) is 2. The van der Waals surface area contributed by atoms with Gasteiger partial charge in [0.2, 0.25) is 0 Å². The molecule has 0 radical (unpaired) electrons. The van der Waals surface area contributed by atoms with Crippen LogP contribution in [0.3, 0.4) is 0 Å². The van der Waals surface area contributed by atoms with Gasteiger partial charge in [-0.3, -0.25) is 4.79 Å². The van der Waals surface area contributed by atoms with Crippen molar-refractivity contribution in [3.8, 4) is 11.3 Å². The van der Waals surface area contributed by atoms with E-state index in [0.717, 1.165) is 30.1 Å². The minimum absolute atomic E-state index is 0.284. The Morgan fingerprint density at radius 2 is 2.09 bits per heavy atom. The molecule has 22 heavy (non-hydrogen) atoms. The molecule has 1 N–H and O–H groups in total. The number of carboxylic acid groups (broad SMARTS) is 1. The molecule has 0 bridgehead atoms. The van der Waals surface area contributed by atoms with Crippen LogP contribution in [0.1, 0.15) is 35.5 Å². The van der Waals surface area contributed by atoms with Crippen molar-refractivity contribution in [1.29, 1.82) is 0 Å². The molecule has 4 heteroatoms. The fourth-order valence-electron chi connectivity index (χ4n) is 3.83. The SMILES string of the molecule is Cc1c(-c2ccc3c(c2)CCC3)nc2n1CC(C(=O)O)CC2. The van der Waals surface area contributed by atoms with E-state index in [0.29, 0.717) is 13.0 Å². The first-order chi connectivity index (χ1) is 10.6. The third-order valence-corrected chi connectivity index (χ3v) is 5.14. The fourth-order valence-corrected chi connectivity index (χ4v) is 3.83. The van der Waals surface area contributed by atoms with Crippen LogP contribution in [0.5, 0.6) is 0 Å². The molecule has 4 rings (SSSR count). The molecule has 2 heterocycles. The predicted molar refractivity (Wildman–Crippen MR) is 83.9 cm³/mol. The van der Waals surface area contributed by atoms with Gasteiger partial charge in [-0.25, -0.2) is 4.98 Å². The lowest BCUT2D eigenvalue weighted by Gasteiger charge is -2.21. The van der Waals surface area contributed by atoms with Crippen LogP contribution in [0.25, 0.3) is 11.3 Å². The minimum atomic E-state index is -0.696. The normalized spacial score (nSPS) is 19.8. The maximum Gasteiger partial charge on any atom is 0.308 e. The summed E-state index contributed by atoms with van der Waals surface area (Å²) in [5.74, 6) is 0.0524. The van der Waals surface area contributed by atoms with Crippen LogP contribution in [0.2, 0.25) is 0 Å². The molecule has 4 nitrogen and oxygen atoms in total. The molecule has 1 aromatic carbocycles. The monoisotopic (exact) mass is 296 g/mol. The highest BCUT2D eigenvalue weighted by Gasteiger charge is 2.27. The zero-order valence-corrected chi connectivity index (χ0v) is 12.8. The lowest BCUT2D eigenvalue weighted by atomic mass is 9.99. The van der Waals surface area contributed by atoms with Crippen molar-refractivity contribution in [2.75, 3.05) is 0 Å². The molecular weight excluding hydrogens is 276 g/mol. The summed E-state index contributed by atoms with van der Waals surface area (Å²) in [4.78, 5) is 16.1. The number of benzene rings is 1. The van der Waals surface area contributed by atoms with E-state index in [1.807, 2.05) is 0 Å². The molecule has 0 amide bonds. The van der Waals surface area contributed by atoms with E-state index in [-0.39, 0.29) is 5.92 Å². The molecule has 2 aliphatic rings. The van der Waals surface area contributed by atoms with Crippen molar-refractivity contribution in [2.24, 2.45) is 5.92 Å². The topological polar surface area (TPSA) is 55.1 Å². The standard InChI is InChI=1S/C18H20N2O2/c1-11-17(14-6-5-12-3-2-4-13(12)9-14)19-16-8-7-15(18(21)22)10-20(11)16/h5-6,9,15H,2-4,7-8,10H2,1H3,(H,21,22). The molecule has 1 unspecified atom stereocenters. The summed E-state index contributed by atoms with van der Waals surface area (Å²) in [7, 11) is 0. The van der Waals surface area contributed by atoms with Crippen molar-refractivity contribution >= 4 is 5.97 Å². The number of rotatable bonds is 2. The van der Waals surface area contributed by atoms with Gasteiger partial charge in [-0.15, -0.1) is 0 Å². The smallest absolute Gasteiger partial charge is 0.308 e. The molecular formula is C18H20N2O2. The van der Waals surface area contributed by atoms with Crippen LogP contribution in [0.15, 0.2) is 18.2 Å². The van der Waals surface area contributed by atoms with Gasteiger partial charge < -0.3 is 9.67 Å². The summed E-state index contributed by atoms with van der Waals surface area (Å²) in [6.07, 6.45) is 5.04. The first kappa shape index (κ1) is 13.6. The van der Waals surface area contributed by atoms with E-state index in [2.05, 4.69) is 29.7 Å². The first-order valence-corrected chi connectivity index (χ1v) is 8.04. The summed E-state index contributed by atoms with van der Waals surface area (Å²) in [5, 5.41) is 9.25. The number of hydrogen-bond donors (Lipinski definition) is 1. The zero-order valence-electron chi connectivity index (χ0n) is 12.8. The average molecular weight is 296 g/mol. The van der Waals surface area contributed by atoms with Crippen LogP contribution >= 0.6 is 0 Å². The molecule has 2 aromatic rings. The Balaban J connectivity index is 1.74. The molecule has 0 spiro atoms. The van der Waals surface area contributed by atoms with Gasteiger partial charge in [0.15, 0.2) is 0 Å². The lowest BCUT2D eigenvalue weighted by Crippen LogP contribution is -2.27. The number of fused-ring (bicyclic) bond motifs is 2. The molecule has 1 aromatic heterocycles. The third kappa shape index (κ3) is 2.05. The summed E-state index contributed by atoms with van der Waals surface area (Å²) >= 11 is 0. The molecule has 0 fully saturated rings. The Morgan fingerprint density at radius 1 is 1.27 bits per heavy atom. The lowest BCUT2D eigenvalue weighted by molar-refractivity contribution is -0.142. The van der Waals surface area contributed by atoms with E-state index < -0.39 is 5.97 Å².